The molecule has 0 aliphatic carbocycles. The van der Waals surface area contributed by atoms with Crippen molar-refractivity contribution in [3.63, 3.8) is 0 Å². The Morgan fingerprint density at radius 3 is 2.64 bits per heavy atom. The van der Waals surface area contributed by atoms with Gasteiger partial charge in [0.15, 0.2) is 0 Å². The van der Waals surface area contributed by atoms with Crippen LogP contribution in [0.2, 0.25) is 0 Å². The van der Waals surface area contributed by atoms with Crippen molar-refractivity contribution in [2.45, 2.75) is 6.42 Å². The van der Waals surface area contributed by atoms with Gasteiger partial charge in [0.1, 0.15) is 0 Å². The molecular weight excluding hydrogens is 322 g/mol. The number of para-hydroxylation sites is 1. The molecule has 0 aliphatic rings. The van der Waals surface area contributed by atoms with Crippen LogP contribution in [0.15, 0.2) is 54.7 Å². The Kier molecular flexibility index (Phi) is 4.42. The molecule has 3 rings (SSSR count). The van der Waals surface area contributed by atoms with E-state index < -0.39 is 10.8 Å². The minimum absolute atomic E-state index is 0.0741. The number of nitro benzene ring substituents is 1. The number of amidine groups is 1. The number of nitrogens with one attached hydrogen (secondary N) is 3. The van der Waals surface area contributed by atoms with Gasteiger partial charge in [-0.25, -0.2) is 0 Å². The van der Waals surface area contributed by atoms with Crippen LogP contribution in [0.1, 0.15) is 15.9 Å². The summed E-state index contributed by atoms with van der Waals surface area (Å²) in [5.74, 6) is -0.0585. The average molecular weight is 338 g/mol. The lowest BCUT2D eigenvalue weighted by Gasteiger charge is -2.00. The maximum Gasteiger partial charge on any atom is 0.286 e. The summed E-state index contributed by atoms with van der Waals surface area (Å²) >= 11 is 0. The number of carbonyl (C=O) groups excluding carboxylic acids is 1. The minimum Gasteiger partial charge on any atom is -0.361 e. The molecule has 25 heavy (non-hydrogen) atoms. The second kappa shape index (κ2) is 6.83. The summed E-state index contributed by atoms with van der Waals surface area (Å²) in [6, 6.07) is 13.2. The molecule has 5 N–H and O–H groups in total. The molecule has 0 saturated carbocycles. The number of rotatable bonds is 5. The second-order valence-corrected chi connectivity index (χ2v) is 5.44. The van der Waals surface area contributed by atoms with Crippen LogP contribution in [-0.4, -0.2) is 21.7 Å². The fourth-order valence-electron chi connectivity index (χ4n) is 2.47. The lowest BCUT2D eigenvalue weighted by Crippen LogP contribution is -2.86. The zero-order valence-corrected chi connectivity index (χ0v) is 13.2. The molecule has 0 spiro atoms. The number of hydrogen-bond acceptors (Lipinski definition) is 3. The smallest absolute Gasteiger partial charge is 0.286 e. The third-order valence-corrected chi connectivity index (χ3v) is 3.73. The van der Waals surface area contributed by atoms with Crippen LogP contribution >= 0.6 is 0 Å². The van der Waals surface area contributed by atoms with E-state index in [9.17, 15) is 14.9 Å². The molecule has 0 unspecified atom stereocenters. The zero-order valence-electron chi connectivity index (χ0n) is 13.2. The highest BCUT2D eigenvalue weighted by atomic mass is 16.6. The molecular formula is C17H16N5O3+. The number of nitro groups is 1. The van der Waals surface area contributed by atoms with E-state index in [1.807, 2.05) is 30.5 Å². The van der Waals surface area contributed by atoms with Gasteiger partial charge in [0.05, 0.1) is 11.3 Å². The summed E-state index contributed by atoms with van der Waals surface area (Å²) in [7, 11) is 0. The Hall–Kier alpha value is -3.68. The van der Waals surface area contributed by atoms with E-state index in [4.69, 9.17) is 5.73 Å². The number of non-ortho nitro benzene ring substituents is 1. The number of carbonyl (C=O) groups is 1. The lowest BCUT2D eigenvalue weighted by atomic mass is 10.1. The Bertz CT molecular complexity index is 960. The molecule has 8 nitrogen and oxygen atoms in total. The van der Waals surface area contributed by atoms with Crippen molar-refractivity contribution in [1.29, 1.82) is 0 Å². The first-order valence-corrected chi connectivity index (χ1v) is 7.51. The summed E-state index contributed by atoms with van der Waals surface area (Å²) in [4.78, 5) is 25.3. The quantitative estimate of drug-likeness (QED) is 0.232. The molecule has 126 valence electrons. The van der Waals surface area contributed by atoms with Gasteiger partial charge in [0, 0.05) is 34.8 Å². The van der Waals surface area contributed by atoms with Crippen LogP contribution in [0.3, 0.4) is 0 Å². The number of hydrogen-bond donors (Lipinski definition) is 4. The van der Waals surface area contributed by atoms with Gasteiger partial charge >= 0.3 is 0 Å². The van der Waals surface area contributed by atoms with Crippen LogP contribution in [0.25, 0.3) is 10.9 Å². The van der Waals surface area contributed by atoms with Crippen molar-refractivity contribution in [3.05, 3.63) is 76.0 Å². The van der Waals surface area contributed by atoms with Gasteiger partial charge < -0.3 is 4.98 Å². The molecule has 0 aliphatic heterocycles. The number of amides is 1. The predicted octanol–water partition coefficient (Wildman–Crippen LogP) is 0.401. The number of benzene rings is 2. The molecule has 0 bridgehead atoms. The Balaban J connectivity index is 1.66. The highest BCUT2D eigenvalue weighted by Crippen LogP contribution is 2.17. The monoisotopic (exact) mass is 338 g/mol. The zero-order chi connectivity index (χ0) is 17.8. The normalized spacial score (nSPS) is 11.4. The first-order chi connectivity index (χ1) is 12.0. The van der Waals surface area contributed by atoms with E-state index in [-0.39, 0.29) is 11.3 Å². The van der Waals surface area contributed by atoms with E-state index in [1.54, 1.807) is 0 Å². The van der Waals surface area contributed by atoms with Gasteiger partial charge in [-0.1, -0.05) is 18.2 Å². The first-order valence-electron chi connectivity index (χ1n) is 7.51. The minimum atomic E-state index is -0.521. The average Bonchev–Trinajstić information content (AvgIpc) is 3.03. The number of aromatic nitrogens is 1. The summed E-state index contributed by atoms with van der Waals surface area (Å²) < 4.78 is 0. The fraction of sp³-hybridized carbons (Fsp3) is 0.0588. The summed E-state index contributed by atoms with van der Waals surface area (Å²) in [5.41, 5.74) is 10.6. The fourth-order valence-corrected chi connectivity index (χ4v) is 2.47. The SMILES string of the molecule is NC(Cc1c[nH]c2ccccc12)=[NH+]NC(=O)c1ccc([N+](=O)[O-])cc1. The highest BCUT2D eigenvalue weighted by molar-refractivity contribution is 5.94. The highest BCUT2D eigenvalue weighted by Gasteiger charge is 2.11. The molecule has 1 aromatic heterocycles. The molecule has 1 heterocycles. The maximum absolute atomic E-state index is 12.0. The van der Waals surface area contributed by atoms with E-state index >= 15 is 0 Å². The van der Waals surface area contributed by atoms with Gasteiger partial charge in [0.2, 0.25) is 0 Å². The number of nitrogens with zero attached hydrogens (tertiary/aromatic N) is 1. The van der Waals surface area contributed by atoms with Gasteiger partial charge in [0.25, 0.3) is 17.4 Å². The van der Waals surface area contributed by atoms with Gasteiger partial charge in [-0.3, -0.25) is 20.6 Å². The number of aromatic amines is 1. The molecule has 2 aromatic carbocycles. The van der Waals surface area contributed by atoms with Crippen molar-refractivity contribution < 1.29 is 14.8 Å². The van der Waals surface area contributed by atoms with Crippen molar-refractivity contribution in [2.24, 2.45) is 5.73 Å². The number of fused-ring (bicyclic) bond motifs is 1. The number of nitrogens with two attached hydrogens (primary N) is 1. The third kappa shape index (κ3) is 3.63. The largest absolute Gasteiger partial charge is 0.361 e. The van der Waals surface area contributed by atoms with Crippen LogP contribution in [0.5, 0.6) is 0 Å². The molecule has 0 radical (unpaired) electrons. The molecule has 0 fully saturated rings. The van der Waals surface area contributed by atoms with E-state index in [0.717, 1.165) is 16.5 Å². The van der Waals surface area contributed by atoms with Crippen LogP contribution in [0.4, 0.5) is 5.69 Å². The number of hydrazine groups is 1. The molecule has 0 atom stereocenters. The van der Waals surface area contributed by atoms with Gasteiger partial charge in [-0.2, -0.15) is 10.5 Å². The van der Waals surface area contributed by atoms with Crippen molar-refractivity contribution in [2.75, 3.05) is 0 Å². The van der Waals surface area contributed by atoms with Gasteiger partial charge in [-0.15, -0.1) is 0 Å². The van der Waals surface area contributed by atoms with E-state index in [0.29, 0.717) is 12.3 Å². The van der Waals surface area contributed by atoms with Crippen LogP contribution < -0.4 is 16.3 Å². The van der Waals surface area contributed by atoms with E-state index in [2.05, 4.69) is 15.5 Å². The Labute approximate surface area is 142 Å². The number of hydrazone groups is 1. The van der Waals surface area contributed by atoms with Crippen molar-refractivity contribution in [3.8, 4) is 0 Å². The molecule has 8 heteroatoms. The summed E-state index contributed by atoms with van der Waals surface area (Å²) in [6.07, 6.45) is 2.31. The standard InChI is InChI=1S/C17H15N5O3/c18-16(9-12-10-19-15-4-2-1-3-14(12)15)20-21-17(23)11-5-7-13(8-6-11)22(24)25/h1-8,10,19H,9H2,(H2,18,20)(H,21,23)/p+1. The van der Waals surface area contributed by atoms with Gasteiger partial charge in [-0.05, 0) is 23.8 Å². The molecule has 3 aromatic rings. The Morgan fingerprint density at radius 2 is 1.92 bits per heavy atom. The van der Waals surface area contributed by atoms with E-state index in [1.165, 1.54) is 24.3 Å². The third-order valence-electron chi connectivity index (χ3n) is 3.73. The van der Waals surface area contributed by atoms with Crippen molar-refractivity contribution >= 4 is 28.3 Å². The maximum atomic E-state index is 12.0. The summed E-state index contributed by atoms with van der Waals surface area (Å²) in [6.45, 7) is 0. The second-order valence-electron chi connectivity index (χ2n) is 5.44. The van der Waals surface area contributed by atoms with Crippen LogP contribution in [0, 0.1) is 10.1 Å². The Morgan fingerprint density at radius 1 is 1.20 bits per heavy atom. The van der Waals surface area contributed by atoms with Crippen LogP contribution in [-0.2, 0) is 6.42 Å². The number of H-pyrrole nitrogens is 1. The molecule has 1 amide bonds. The topological polar surface area (TPSA) is 128 Å². The first kappa shape index (κ1) is 16.2. The summed E-state index contributed by atoms with van der Waals surface area (Å²) in [5, 5.41) is 14.3. The molecule has 0 saturated heterocycles. The van der Waals surface area contributed by atoms with Crippen molar-refractivity contribution in [1.82, 2.24) is 10.4 Å². The lowest BCUT2D eigenvalue weighted by molar-refractivity contribution is -0.510. The predicted molar refractivity (Wildman–Crippen MR) is 92.7 cm³/mol.